The van der Waals surface area contributed by atoms with Crippen molar-refractivity contribution in [1.29, 1.82) is 0 Å². The summed E-state index contributed by atoms with van der Waals surface area (Å²) in [6.45, 7) is 2.65. The number of para-hydroxylation sites is 1. The molecule has 1 fully saturated rings. The molecule has 1 aliphatic heterocycles. The zero-order valence-electron chi connectivity index (χ0n) is 16.4. The first-order valence-corrected chi connectivity index (χ1v) is 9.90. The number of methoxy groups -OCH3 is 1. The van der Waals surface area contributed by atoms with E-state index in [1.165, 1.54) is 5.56 Å². The zero-order chi connectivity index (χ0) is 19.7. The molecule has 0 saturated heterocycles. The highest BCUT2D eigenvalue weighted by atomic mass is 16.5. The van der Waals surface area contributed by atoms with Gasteiger partial charge in [-0.05, 0) is 55.5 Å². The molecule has 1 N–H and O–H groups in total. The molecule has 1 aliphatic carbocycles. The summed E-state index contributed by atoms with van der Waals surface area (Å²) in [5.74, 6) is 0.530. The molecule has 5 nitrogen and oxygen atoms in total. The Morgan fingerprint density at radius 2 is 1.86 bits per heavy atom. The molecule has 1 heterocycles. The summed E-state index contributed by atoms with van der Waals surface area (Å²) >= 11 is 0. The number of hydrogen-bond donors (Lipinski definition) is 1. The third-order valence-corrected chi connectivity index (χ3v) is 5.76. The normalized spacial score (nSPS) is 22.5. The number of fused-ring (bicyclic) bond motifs is 1. The number of hydrogen-bond acceptors (Lipinski definition) is 3. The van der Waals surface area contributed by atoms with Gasteiger partial charge in [0.15, 0.2) is 0 Å². The van der Waals surface area contributed by atoms with Gasteiger partial charge in [0.05, 0.1) is 18.9 Å². The quantitative estimate of drug-likeness (QED) is 0.841. The number of benzene rings is 2. The minimum absolute atomic E-state index is 0.00741. The van der Waals surface area contributed by atoms with Gasteiger partial charge in [-0.1, -0.05) is 30.3 Å². The summed E-state index contributed by atoms with van der Waals surface area (Å²) in [7, 11) is 1.64. The van der Waals surface area contributed by atoms with Gasteiger partial charge >= 0.3 is 0 Å². The number of ether oxygens (including phenoxy) is 1. The van der Waals surface area contributed by atoms with Crippen LogP contribution in [0, 0.1) is 11.8 Å². The average molecular weight is 378 g/mol. The van der Waals surface area contributed by atoms with Crippen molar-refractivity contribution in [3.8, 4) is 5.75 Å². The molecule has 0 bridgehead atoms. The van der Waals surface area contributed by atoms with Crippen molar-refractivity contribution in [2.24, 2.45) is 11.8 Å². The fourth-order valence-electron chi connectivity index (χ4n) is 4.09. The SMILES string of the molecule is COc1ccc(CCNC(=O)C2CC2C(=O)N2c3ccccc3CC2C)cc1. The van der Waals surface area contributed by atoms with Gasteiger partial charge in [-0.3, -0.25) is 9.59 Å². The Morgan fingerprint density at radius 1 is 1.11 bits per heavy atom. The summed E-state index contributed by atoms with van der Waals surface area (Å²) in [4.78, 5) is 27.3. The summed E-state index contributed by atoms with van der Waals surface area (Å²) in [5, 5.41) is 2.99. The lowest BCUT2D eigenvalue weighted by Gasteiger charge is -2.23. The number of carbonyl (C=O) groups excluding carboxylic acids is 2. The van der Waals surface area contributed by atoms with E-state index in [2.05, 4.69) is 18.3 Å². The smallest absolute Gasteiger partial charge is 0.231 e. The maximum absolute atomic E-state index is 13.0. The van der Waals surface area contributed by atoms with Crippen LogP contribution in [0.4, 0.5) is 5.69 Å². The van der Waals surface area contributed by atoms with Gasteiger partial charge in [0, 0.05) is 18.3 Å². The molecular formula is C23H26N2O3. The predicted molar refractivity (Wildman–Crippen MR) is 108 cm³/mol. The minimum atomic E-state index is -0.191. The van der Waals surface area contributed by atoms with Crippen LogP contribution in [0.5, 0.6) is 5.75 Å². The third-order valence-electron chi connectivity index (χ3n) is 5.76. The molecule has 1 saturated carbocycles. The molecule has 0 radical (unpaired) electrons. The van der Waals surface area contributed by atoms with Crippen LogP contribution >= 0.6 is 0 Å². The van der Waals surface area contributed by atoms with Crippen LogP contribution in [-0.2, 0) is 22.4 Å². The molecule has 2 aromatic carbocycles. The monoisotopic (exact) mass is 378 g/mol. The topological polar surface area (TPSA) is 58.6 Å². The molecule has 4 rings (SSSR count). The molecule has 3 unspecified atom stereocenters. The van der Waals surface area contributed by atoms with E-state index in [0.717, 1.165) is 29.8 Å². The highest BCUT2D eigenvalue weighted by Gasteiger charge is 2.51. The zero-order valence-corrected chi connectivity index (χ0v) is 16.4. The van der Waals surface area contributed by atoms with Crippen molar-refractivity contribution in [1.82, 2.24) is 5.32 Å². The number of carbonyl (C=O) groups is 2. The largest absolute Gasteiger partial charge is 0.497 e. The van der Waals surface area contributed by atoms with Gasteiger partial charge in [-0.25, -0.2) is 0 Å². The Bertz CT molecular complexity index is 878. The standard InChI is InChI=1S/C23H26N2O3/c1-15-13-17-5-3-4-6-21(17)25(15)23(27)20-14-19(20)22(26)24-12-11-16-7-9-18(28-2)10-8-16/h3-10,15,19-20H,11-14H2,1-2H3,(H,24,26). The van der Waals surface area contributed by atoms with Gasteiger partial charge in [-0.2, -0.15) is 0 Å². The maximum Gasteiger partial charge on any atom is 0.231 e. The van der Waals surface area contributed by atoms with Gasteiger partial charge in [0.25, 0.3) is 0 Å². The van der Waals surface area contributed by atoms with E-state index in [4.69, 9.17) is 4.74 Å². The van der Waals surface area contributed by atoms with Crippen LogP contribution in [0.3, 0.4) is 0 Å². The Hall–Kier alpha value is -2.82. The van der Waals surface area contributed by atoms with Crippen molar-refractivity contribution in [2.45, 2.75) is 32.2 Å². The van der Waals surface area contributed by atoms with Crippen LogP contribution in [0.1, 0.15) is 24.5 Å². The van der Waals surface area contributed by atoms with Gasteiger partial charge in [-0.15, -0.1) is 0 Å². The predicted octanol–water partition coefficient (Wildman–Crippen LogP) is 2.97. The first-order chi connectivity index (χ1) is 13.6. The number of nitrogens with one attached hydrogen (secondary N) is 1. The van der Waals surface area contributed by atoms with E-state index in [1.807, 2.05) is 47.4 Å². The van der Waals surface area contributed by atoms with E-state index in [-0.39, 0.29) is 29.7 Å². The fraction of sp³-hybridized carbons (Fsp3) is 0.391. The first-order valence-electron chi connectivity index (χ1n) is 9.90. The Kier molecular flexibility index (Phi) is 5.07. The third kappa shape index (κ3) is 3.61. The summed E-state index contributed by atoms with van der Waals surface area (Å²) in [5.41, 5.74) is 3.36. The van der Waals surface area contributed by atoms with Crippen LogP contribution in [0.15, 0.2) is 48.5 Å². The maximum atomic E-state index is 13.0. The molecule has 28 heavy (non-hydrogen) atoms. The number of nitrogens with zero attached hydrogens (tertiary/aromatic N) is 1. The average Bonchev–Trinajstić information content (AvgIpc) is 3.44. The van der Waals surface area contributed by atoms with Crippen molar-refractivity contribution in [3.05, 3.63) is 59.7 Å². The minimum Gasteiger partial charge on any atom is -0.497 e. The number of amides is 2. The van der Waals surface area contributed by atoms with E-state index in [1.54, 1.807) is 7.11 Å². The highest BCUT2D eigenvalue weighted by Crippen LogP contribution is 2.43. The lowest BCUT2D eigenvalue weighted by molar-refractivity contribution is -0.126. The van der Waals surface area contributed by atoms with Crippen molar-refractivity contribution in [2.75, 3.05) is 18.6 Å². The molecule has 2 aromatic rings. The van der Waals surface area contributed by atoms with Crippen molar-refractivity contribution < 1.29 is 14.3 Å². The Labute approximate surface area is 165 Å². The highest BCUT2D eigenvalue weighted by molar-refractivity contribution is 6.02. The lowest BCUT2D eigenvalue weighted by Crippen LogP contribution is -2.38. The summed E-state index contributed by atoms with van der Waals surface area (Å²) in [6.07, 6.45) is 2.30. The van der Waals surface area contributed by atoms with E-state index in [9.17, 15) is 9.59 Å². The summed E-state index contributed by atoms with van der Waals surface area (Å²) in [6, 6.07) is 16.1. The molecule has 146 valence electrons. The molecule has 2 aliphatic rings. The Morgan fingerprint density at radius 3 is 2.61 bits per heavy atom. The molecule has 5 heteroatoms. The second-order valence-corrected chi connectivity index (χ2v) is 7.73. The second kappa shape index (κ2) is 7.66. The van der Waals surface area contributed by atoms with Crippen LogP contribution < -0.4 is 15.0 Å². The van der Waals surface area contributed by atoms with Crippen molar-refractivity contribution >= 4 is 17.5 Å². The molecular weight excluding hydrogens is 352 g/mol. The van der Waals surface area contributed by atoms with E-state index in [0.29, 0.717) is 13.0 Å². The van der Waals surface area contributed by atoms with E-state index >= 15 is 0 Å². The second-order valence-electron chi connectivity index (χ2n) is 7.73. The van der Waals surface area contributed by atoms with Crippen LogP contribution in [0.2, 0.25) is 0 Å². The van der Waals surface area contributed by atoms with E-state index < -0.39 is 0 Å². The molecule has 2 amide bonds. The molecule has 0 aromatic heterocycles. The van der Waals surface area contributed by atoms with Gasteiger partial charge < -0.3 is 15.0 Å². The van der Waals surface area contributed by atoms with Crippen molar-refractivity contribution in [3.63, 3.8) is 0 Å². The van der Waals surface area contributed by atoms with Gasteiger partial charge in [0.1, 0.15) is 5.75 Å². The molecule has 0 spiro atoms. The molecule has 3 atom stereocenters. The van der Waals surface area contributed by atoms with Gasteiger partial charge in [0.2, 0.25) is 11.8 Å². The van der Waals surface area contributed by atoms with Crippen LogP contribution in [0.25, 0.3) is 0 Å². The lowest BCUT2D eigenvalue weighted by atomic mass is 10.1. The van der Waals surface area contributed by atoms with Crippen LogP contribution in [-0.4, -0.2) is 31.5 Å². The Balaban J connectivity index is 1.29. The number of anilines is 1. The fourth-order valence-corrected chi connectivity index (χ4v) is 4.09. The number of rotatable bonds is 6. The first kappa shape index (κ1) is 18.5. The summed E-state index contributed by atoms with van der Waals surface area (Å²) < 4.78 is 5.15.